The van der Waals surface area contributed by atoms with Crippen LogP contribution in [0.2, 0.25) is 0 Å². The van der Waals surface area contributed by atoms with Crippen LogP contribution in [0.5, 0.6) is 0 Å². The van der Waals surface area contributed by atoms with Crippen molar-refractivity contribution >= 4 is 37.6 Å². The number of aryl methyl sites for hydroxylation is 1. The lowest BCUT2D eigenvalue weighted by atomic mass is 10.00. The maximum Gasteiger partial charge on any atom is 0.168 e. The summed E-state index contributed by atoms with van der Waals surface area (Å²) in [5.41, 5.74) is 2.96. The maximum atomic E-state index is 12.3. The van der Waals surface area contributed by atoms with E-state index in [-0.39, 0.29) is 5.78 Å². The van der Waals surface area contributed by atoms with Gasteiger partial charge < -0.3 is 0 Å². The van der Waals surface area contributed by atoms with Crippen molar-refractivity contribution in [2.45, 2.75) is 13.3 Å². The second kappa shape index (κ2) is 5.81. The Labute approximate surface area is 123 Å². The number of benzene rings is 2. The number of ketones is 1. The highest BCUT2D eigenvalue weighted by atomic mass is 79.9. The van der Waals surface area contributed by atoms with Crippen molar-refractivity contribution in [3.63, 3.8) is 0 Å². The lowest BCUT2D eigenvalue weighted by Crippen LogP contribution is -2.05. The Hall–Kier alpha value is -0.930. The summed E-state index contributed by atoms with van der Waals surface area (Å²) in [6, 6.07) is 13.6. The van der Waals surface area contributed by atoms with Gasteiger partial charge in [0.05, 0.1) is 0 Å². The zero-order valence-electron chi connectivity index (χ0n) is 9.91. The van der Waals surface area contributed by atoms with Crippen LogP contribution in [-0.2, 0) is 6.42 Å². The van der Waals surface area contributed by atoms with E-state index in [9.17, 15) is 4.79 Å². The molecule has 0 saturated heterocycles. The van der Waals surface area contributed by atoms with E-state index >= 15 is 0 Å². The summed E-state index contributed by atoms with van der Waals surface area (Å²) in [7, 11) is 0. The summed E-state index contributed by atoms with van der Waals surface area (Å²) in [6.07, 6.45) is 0.437. The molecule has 0 aliphatic carbocycles. The molecule has 2 aromatic carbocycles. The van der Waals surface area contributed by atoms with Crippen LogP contribution in [0.15, 0.2) is 51.4 Å². The van der Waals surface area contributed by atoms with E-state index in [0.717, 1.165) is 25.6 Å². The van der Waals surface area contributed by atoms with E-state index in [2.05, 4.69) is 31.9 Å². The largest absolute Gasteiger partial charge is 0.294 e. The molecule has 0 atom stereocenters. The van der Waals surface area contributed by atoms with Crippen molar-refractivity contribution in [3.8, 4) is 0 Å². The Balaban J connectivity index is 2.25. The Morgan fingerprint density at radius 1 is 1.11 bits per heavy atom. The van der Waals surface area contributed by atoms with Gasteiger partial charge in [-0.05, 0) is 36.2 Å². The number of carbonyl (C=O) groups is 1. The third kappa shape index (κ3) is 3.09. The molecule has 18 heavy (non-hydrogen) atoms. The molecule has 0 N–H and O–H groups in total. The molecule has 1 nitrogen and oxygen atoms in total. The molecule has 92 valence electrons. The van der Waals surface area contributed by atoms with Gasteiger partial charge in [0.2, 0.25) is 0 Å². The molecule has 0 amide bonds. The minimum absolute atomic E-state index is 0.128. The van der Waals surface area contributed by atoms with E-state index in [1.165, 1.54) is 0 Å². The summed E-state index contributed by atoms with van der Waals surface area (Å²) >= 11 is 6.81. The summed E-state index contributed by atoms with van der Waals surface area (Å²) < 4.78 is 1.79. The Morgan fingerprint density at radius 3 is 2.50 bits per heavy atom. The van der Waals surface area contributed by atoms with Gasteiger partial charge in [0.15, 0.2) is 5.78 Å². The van der Waals surface area contributed by atoms with E-state index in [1.807, 2.05) is 49.4 Å². The molecule has 0 aliphatic heterocycles. The molecular formula is C15H12Br2O. The molecule has 0 unspecified atom stereocenters. The second-order valence-corrected chi connectivity index (χ2v) is 5.92. The summed E-state index contributed by atoms with van der Waals surface area (Å²) in [5, 5.41) is 0. The number of rotatable bonds is 3. The van der Waals surface area contributed by atoms with Crippen molar-refractivity contribution < 1.29 is 4.79 Å². The predicted octanol–water partition coefficient (Wildman–Crippen LogP) is 4.95. The molecule has 0 spiro atoms. The first-order chi connectivity index (χ1) is 8.58. The van der Waals surface area contributed by atoms with E-state index in [0.29, 0.717) is 6.42 Å². The molecule has 0 aromatic heterocycles. The first-order valence-corrected chi connectivity index (χ1v) is 7.19. The third-order valence-electron chi connectivity index (χ3n) is 2.84. The summed E-state index contributed by atoms with van der Waals surface area (Å²) in [4.78, 5) is 12.3. The normalized spacial score (nSPS) is 10.4. The Bertz CT molecular complexity index is 591. The van der Waals surface area contributed by atoms with Crippen LogP contribution >= 0.6 is 31.9 Å². The standard InChI is InChI=1S/C15H12Br2O/c1-10-4-2-3-5-11(10)8-15(18)13-7-6-12(16)9-14(13)17/h2-7,9H,8H2,1H3. The minimum Gasteiger partial charge on any atom is -0.294 e. The molecule has 2 rings (SSSR count). The molecule has 0 aliphatic rings. The van der Waals surface area contributed by atoms with Crippen LogP contribution in [0.1, 0.15) is 21.5 Å². The van der Waals surface area contributed by atoms with Gasteiger partial charge in [0.25, 0.3) is 0 Å². The topological polar surface area (TPSA) is 17.1 Å². The molecular weight excluding hydrogens is 356 g/mol. The molecule has 0 saturated carbocycles. The highest BCUT2D eigenvalue weighted by Crippen LogP contribution is 2.23. The molecule has 0 radical (unpaired) electrons. The van der Waals surface area contributed by atoms with Gasteiger partial charge in [-0.15, -0.1) is 0 Å². The molecule has 0 bridgehead atoms. The average Bonchev–Trinajstić information content (AvgIpc) is 2.32. The fraction of sp³-hybridized carbons (Fsp3) is 0.133. The zero-order chi connectivity index (χ0) is 13.1. The Morgan fingerprint density at radius 2 is 1.83 bits per heavy atom. The third-order valence-corrected chi connectivity index (χ3v) is 3.99. The van der Waals surface area contributed by atoms with E-state index < -0.39 is 0 Å². The molecule has 2 aromatic rings. The average molecular weight is 368 g/mol. The fourth-order valence-corrected chi connectivity index (χ4v) is 3.06. The molecule has 3 heteroatoms. The van der Waals surface area contributed by atoms with Crippen molar-refractivity contribution in [1.29, 1.82) is 0 Å². The van der Waals surface area contributed by atoms with Crippen LogP contribution in [0.3, 0.4) is 0 Å². The SMILES string of the molecule is Cc1ccccc1CC(=O)c1ccc(Br)cc1Br. The number of halogens is 2. The smallest absolute Gasteiger partial charge is 0.168 e. The van der Waals surface area contributed by atoms with Crippen molar-refractivity contribution in [2.24, 2.45) is 0 Å². The van der Waals surface area contributed by atoms with Gasteiger partial charge in [-0.3, -0.25) is 4.79 Å². The number of hydrogen-bond donors (Lipinski definition) is 0. The highest BCUT2D eigenvalue weighted by Gasteiger charge is 2.12. The first kappa shape index (κ1) is 13.5. The van der Waals surface area contributed by atoms with Crippen LogP contribution < -0.4 is 0 Å². The maximum absolute atomic E-state index is 12.3. The van der Waals surface area contributed by atoms with Crippen LogP contribution in [-0.4, -0.2) is 5.78 Å². The van der Waals surface area contributed by atoms with Gasteiger partial charge in [-0.25, -0.2) is 0 Å². The first-order valence-electron chi connectivity index (χ1n) is 5.60. The van der Waals surface area contributed by atoms with Crippen molar-refractivity contribution in [2.75, 3.05) is 0 Å². The monoisotopic (exact) mass is 366 g/mol. The van der Waals surface area contributed by atoms with Crippen molar-refractivity contribution in [1.82, 2.24) is 0 Å². The highest BCUT2D eigenvalue weighted by molar-refractivity contribution is 9.11. The number of Topliss-reactive ketones (excluding diaryl/α,β-unsaturated/α-hetero) is 1. The van der Waals surface area contributed by atoms with E-state index in [4.69, 9.17) is 0 Å². The molecule has 0 heterocycles. The zero-order valence-corrected chi connectivity index (χ0v) is 13.1. The fourth-order valence-electron chi connectivity index (χ4n) is 1.79. The van der Waals surface area contributed by atoms with E-state index in [1.54, 1.807) is 0 Å². The van der Waals surface area contributed by atoms with Crippen LogP contribution in [0.25, 0.3) is 0 Å². The summed E-state index contributed by atoms with van der Waals surface area (Å²) in [6.45, 7) is 2.03. The minimum atomic E-state index is 0.128. The van der Waals surface area contributed by atoms with Crippen LogP contribution in [0.4, 0.5) is 0 Å². The molecule has 0 fully saturated rings. The van der Waals surface area contributed by atoms with Gasteiger partial charge in [0.1, 0.15) is 0 Å². The lowest BCUT2D eigenvalue weighted by Gasteiger charge is -2.07. The predicted molar refractivity (Wildman–Crippen MR) is 81.1 cm³/mol. The van der Waals surface area contributed by atoms with Crippen LogP contribution in [0, 0.1) is 6.92 Å². The quantitative estimate of drug-likeness (QED) is 0.701. The van der Waals surface area contributed by atoms with Gasteiger partial charge >= 0.3 is 0 Å². The van der Waals surface area contributed by atoms with Gasteiger partial charge in [-0.1, -0.05) is 56.1 Å². The van der Waals surface area contributed by atoms with Gasteiger partial charge in [0, 0.05) is 20.9 Å². The second-order valence-electron chi connectivity index (χ2n) is 4.15. The van der Waals surface area contributed by atoms with Crippen molar-refractivity contribution in [3.05, 3.63) is 68.1 Å². The Kier molecular flexibility index (Phi) is 4.36. The number of carbonyl (C=O) groups excluding carboxylic acids is 1. The summed E-state index contributed by atoms with van der Waals surface area (Å²) in [5.74, 6) is 0.128. The number of hydrogen-bond acceptors (Lipinski definition) is 1. The lowest BCUT2D eigenvalue weighted by molar-refractivity contribution is 0.0992. The van der Waals surface area contributed by atoms with Gasteiger partial charge in [-0.2, -0.15) is 0 Å².